The zero-order chi connectivity index (χ0) is 12.0. The molecule has 0 aliphatic carbocycles. The predicted octanol–water partition coefficient (Wildman–Crippen LogP) is 1.93. The summed E-state index contributed by atoms with van der Waals surface area (Å²) >= 11 is 0. The van der Waals surface area contributed by atoms with Gasteiger partial charge in [-0.1, -0.05) is 30.3 Å². The van der Waals surface area contributed by atoms with Gasteiger partial charge in [0.2, 0.25) is 0 Å². The van der Waals surface area contributed by atoms with Crippen LogP contribution in [0.15, 0.2) is 30.3 Å². The summed E-state index contributed by atoms with van der Waals surface area (Å²) in [5, 5.41) is 8.94. The molecule has 0 heterocycles. The molecule has 3 heteroatoms. The second-order valence-corrected chi connectivity index (χ2v) is 3.51. The number of aliphatic hydroxyl groups is 1. The van der Waals surface area contributed by atoms with E-state index in [1.807, 2.05) is 31.2 Å². The monoisotopic (exact) mass is 220 g/mol. The van der Waals surface area contributed by atoms with E-state index >= 15 is 0 Å². The molecule has 0 bridgehead atoms. The van der Waals surface area contributed by atoms with E-state index in [-0.39, 0.29) is 19.2 Å². The summed E-state index contributed by atoms with van der Waals surface area (Å²) in [6, 6.07) is 7.79. The molecular weight excluding hydrogens is 204 g/mol. The zero-order valence-corrected chi connectivity index (χ0v) is 9.56. The quantitative estimate of drug-likeness (QED) is 0.789. The van der Waals surface area contributed by atoms with E-state index in [1.54, 1.807) is 6.08 Å². The average molecular weight is 220 g/mol. The van der Waals surface area contributed by atoms with Crippen LogP contribution in [0, 0.1) is 6.92 Å². The van der Waals surface area contributed by atoms with Gasteiger partial charge in [-0.25, -0.2) is 0 Å². The Kier molecular flexibility index (Phi) is 4.73. The molecule has 0 atom stereocenters. The summed E-state index contributed by atoms with van der Waals surface area (Å²) in [5.74, 6) is -0.322. The first-order valence-corrected chi connectivity index (χ1v) is 5.14. The lowest BCUT2D eigenvalue weighted by atomic mass is 10.0. The molecule has 16 heavy (non-hydrogen) atoms. The van der Waals surface area contributed by atoms with Crippen LogP contribution in [0.25, 0.3) is 5.57 Å². The van der Waals surface area contributed by atoms with E-state index < -0.39 is 0 Å². The van der Waals surface area contributed by atoms with Gasteiger partial charge in [-0.05, 0) is 23.6 Å². The highest BCUT2D eigenvalue weighted by Gasteiger charge is 2.05. The maximum Gasteiger partial charge on any atom is 0.302 e. The Balaban J connectivity index is 2.90. The number of rotatable bonds is 4. The maximum absolute atomic E-state index is 10.8. The van der Waals surface area contributed by atoms with Gasteiger partial charge >= 0.3 is 5.97 Å². The highest BCUT2D eigenvalue weighted by atomic mass is 16.5. The van der Waals surface area contributed by atoms with E-state index in [2.05, 4.69) is 0 Å². The van der Waals surface area contributed by atoms with Crippen molar-refractivity contribution < 1.29 is 14.6 Å². The summed E-state index contributed by atoms with van der Waals surface area (Å²) in [6.45, 7) is 3.48. The molecule has 0 aliphatic rings. The Bertz CT molecular complexity index is 394. The van der Waals surface area contributed by atoms with Crippen LogP contribution in [0.1, 0.15) is 18.1 Å². The fourth-order valence-electron chi connectivity index (χ4n) is 1.47. The first-order chi connectivity index (χ1) is 7.65. The molecule has 0 amide bonds. The predicted molar refractivity (Wildman–Crippen MR) is 62.9 cm³/mol. The van der Waals surface area contributed by atoms with E-state index in [9.17, 15) is 4.79 Å². The zero-order valence-electron chi connectivity index (χ0n) is 9.56. The van der Waals surface area contributed by atoms with E-state index in [4.69, 9.17) is 9.84 Å². The Labute approximate surface area is 95.4 Å². The first kappa shape index (κ1) is 12.5. The van der Waals surface area contributed by atoms with E-state index in [0.717, 1.165) is 16.7 Å². The van der Waals surface area contributed by atoms with Crippen molar-refractivity contribution in [2.24, 2.45) is 0 Å². The number of esters is 1. The molecule has 0 spiro atoms. The Morgan fingerprint density at radius 3 is 2.69 bits per heavy atom. The van der Waals surface area contributed by atoms with Crippen molar-refractivity contribution in [1.29, 1.82) is 0 Å². The van der Waals surface area contributed by atoms with Gasteiger partial charge in [-0.15, -0.1) is 0 Å². The maximum atomic E-state index is 10.8. The number of aliphatic hydroxyl groups excluding tert-OH is 1. The average Bonchev–Trinajstić information content (AvgIpc) is 2.25. The molecule has 1 aromatic rings. The molecule has 0 saturated heterocycles. The SMILES string of the molecule is CC(=O)OC/C(=C/CO)c1ccccc1C. The largest absolute Gasteiger partial charge is 0.461 e. The summed E-state index contributed by atoms with van der Waals surface area (Å²) < 4.78 is 4.95. The van der Waals surface area contributed by atoms with Crippen LogP contribution in [0.5, 0.6) is 0 Å². The summed E-state index contributed by atoms with van der Waals surface area (Å²) in [4.78, 5) is 10.8. The van der Waals surface area contributed by atoms with Gasteiger partial charge in [-0.3, -0.25) is 4.79 Å². The van der Waals surface area contributed by atoms with Crippen LogP contribution in [0.3, 0.4) is 0 Å². The van der Waals surface area contributed by atoms with Gasteiger partial charge in [-0.2, -0.15) is 0 Å². The van der Waals surface area contributed by atoms with Crippen molar-refractivity contribution in [2.45, 2.75) is 13.8 Å². The van der Waals surface area contributed by atoms with Crippen LogP contribution in [-0.4, -0.2) is 24.3 Å². The normalized spacial score (nSPS) is 11.3. The van der Waals surface area contributed by atoms with Crippen molar-refractivity contribution in [3.63, 3.8) is 0 Å². The first-order valence-electron chi connectivity index (χ1n) is 5.14. The van der Waals surface area contributed by atoms with Gasteiger partial charge in [0.25, 0.3) is 0 Å². The number of carbonyl (C=O) groups excluding carboxylic acids is 1. The number of carbonyl (C=O) groups is 1. The molecule has 0 fully saturated rings. The van der Waals surface area contributed by atoms with Gasteiger partial charge in [0, 0.05) is 6.92 Å². The number of aryl methyl sites for hydroxylation is 1. The molecule has 0 radical (unpaired) electrons. The van der Waals surface area contributed by atoms with Crippen molar-refractivity contribution in [2.75, 3.05) is 13.2 Å². The van der Waals surface area contributed by atoms with E-state index in [1.165, 1.54) is 6.92 Å². The lowest BCUT2D eigenvalue weighted by Crippen LogP contribution is -2.04. The Morgan fingerprint density at radius 1 is 1.44 bits per heavy atom. The van der Waals surface area contributed by atoms with Crippen molar-refractivity contribution in [3.8, 4) is 0 Å². The minimum atomic E-state index is -0.322. The van der Waals surface area contributed by atoms with Gasteiger partial charge in [0.05, 0.1) is 6.61 Å². The van der Waals surface area contributed by atoms with Crippen LogP contribution in [0.4, 0.5) is 0 Å². The van der Waals surface area contributed by atoms with Gasteiger partial charge in [0.15, 0.2) is 0 Å². The molecular formula is C13H16O3. The Morgan fingerprint density at radius 2 is 2.12 bits per heavy atom. The highest BCUT2D eigenvalue weighted by Crippen LogP contribution is 2.18. The van der Waals surface area contributed by atoms with Gasteiger partial charge < -0.3 is 9.84 Å². The van der Waals surface area contributed by atoms with Crippen LogP contribution < -0.4 is 0 Å². The molecule has 0 saturated carbocycles. The van der Waals surface area contributed by atoms with Crippen LogP contribution in [0.2, 0.25) is 0 Å². The number of benzene rings is 1. The number of ether oxygens (including phenoxy) is 1. The fraction of sp³-hybridized carbons (Fsp3) is 0.308. The lowest BCUT2D eigenvalue weighted by Gasteiger charge is -2.10. The van der Waals surface area contributed by atoms with Crippen molar-refractivity contribution in [1.82, 2.24) is 0 Å². The molecule has 86 valence electrons. The van der Waals surface area contributed by atoms with Gasteiger partial charge in [0.1, 0.15) is 6.61 Å². The minimum Gasteiger partial charge on any atom is -0.461 e. The van der Waals surface area contributed by atoms with Crippen LogP contribution >= 0.6 is 0 Å². The second kappa shape index (κ2) is 6.08. The fourth-order valence-corrected chi connectivity index (χ4v) is 1.47. The van der Waals surface area contributed by atoms with Crippen LogP contribution in [-0.2, 0) is 9.53 Å². The molecule has 1 rings (SSSR count). The molecule has 0 unspecified atom stereocenters. The third kappa shape index (κ3) is 3.51. The third-order valence-electron chi connectivity index (χ3n) is 2.26. The molecule has 1 aromatic carbocycles. The van der Waals surface area contributed by atoms with Crippen molar-refractivity contribution in [3.05, 3.63) is 41.5 Å². The second-order valence-electron chi connectivity index (χ2n) is 3.51. The summed E-state index contributed by atoms with van der Waals surface area (Å²) in [6.07, 6.45) is 1.66. The number of hydrogen-bond donors (Lipinski definition) is 1. The standard InChI is InChI=1S/C13H16O3/c1-10-5-3-4-6-13(10)12(7-8-14)9-16-11(2)15/h3-7,14H,8-9H2,1-2H3/b12-7-. The smallest absolute Gasteiger partial charge is 0.302 e. The third-order valence-corrected chi connectivity index (χ3v) is 2.26. The lowest BCUT2D eigenvalue weighted by molar-refractivity contribution is -0.139. The topological polar surface area (TPSA) is 46.5 Å². The summed E-state index contributed by atoms with van der Waals surface area (Å²) in [7, 11) is 0. The molecule has 0 aromatic heterocycles. The Hall–Kier alpha value is -1.61. The molecule has 3 nitrogen and oxygen atoms in total. The number of hydrogen-bond acceptors (Lipinski definition) is 3. The minimum absolute atomic E-state index is 0.0646. The molecule has 1 N–H and O–H groups in total. The van der Waals surface area contributed by atoms with E-state index in [0.29, 0.717) is 0 Å². The highest BCUT2D eigenvalue weighted by molar-refractivity contribution is 5.72. The van der Waals surface area contributed by atoms with Crippen molar-refractivity contribution >= 4 is 11.5 Å². The molecule has 0 aliphatic heterocycles. The summed E-state index contributed by atoms with van der Waals surface area (Å²) in [5.41, 5.74) is 2.92.